The highest BCUT2D eigenvalue weighted by atomic mass is 127. The summed E-state index contributed by atoms with van der Waals surface area (Å²) >= 11 is 2.09. The average Bonchev–Trinajstić information content (AvgIpc) is 2.16. The molecule has 2 nitrogen and oxygen atoms in total. The van der Waals surface area contributed by atoms with Crippen LogP contribution in [0.3, 0.4) is 0 Å². The maximum absolute atomic E-state index is 5.02. The zero-order chi connectivity index (χ0) is 9.94. The molecule has 4 heteroatoms. The third-order valence-corrected chi connectivity index (χ3v) is 2.56. The molecule has 0 spiro atoms. The first-order valence-corrected chi connectivity index (χ1v) is 7.71. The molecule has 0 amide bonds. The number of hydrogen-bond acceptors (Lipinski definition) is 3. The molecule has 0 aromatic heterocycles. The summed E-state index contributed by atoms with van der Waals surface area (Å²) in [5.41, 5.74) is 0. The van der Waals surface area contributed by atoms with Gasteiger partial charge in [0.25, 0.3) is 0 Å². The lowest BCUT2D eigenvalue weighted by Gasteiger charge is -2.15. The Morgan fingerprint density at radius 2 is 2.15 bits per heavy atom. The summed E-state index contributed by atoms with van der Waals surface area (Å²) in [6.07, 6.45) is 1.19. The molecule has 0 saturated heterocycles. The summed E-state index contributed by atoms with van der Waals surface area (Å²) in [7, 11) is 1.33. The molecule has 76 valence electrons. The quantitative estimate of drug-likeness (QED) is 0.324. The van der Waals surface area contributed by atoms with E-state index in [-0.39, 0.29) is 0 Å². The Balaban J connectivity index is 3.49. The molecule has 0 saturated carbocycles. The Morgan fingerprint density at radius 3 is 2.69 bits per heavy atom. The number of halogens is 1. The van der Waals surface area contributed by atoms with Crippen molar-refractivity contribution in [2.24, 2.45) is 0 Å². The summed E-state index contributed by atoms with van der Waals surface area (Å²) < 4.78 is 5.02. The molecule has 0 N–H and O–H groups in total. The molecule has 0 aromatic rings. The van der Waals surface area contributed by atoms with Crippen molar-refractivity contribution in [1.82, 2.24) is 4.90 Å². The highest BCUT2D eigenvalue weighted by molar-refractivity contribution is 14.2. The van der Waals surface area contributed by atoms with Gasteiger partial charge < -0.3 is 0 Å². The zero-order valence-electron chi connectivity index (χ0n) is 8.18. The van der Waals surface area contributed by atoms with Crippen LogP contribution in [0.15, 0.2) is 0 Å². The molecule has 0 rings (SSSR count). The molecule has 0 aliphatic rings. The van der Waals surface area contributed by atoms with E-state index in [1.54, 1.807) is 0 Å². The smallest absolute Gasteiger partial charge is 0.123 e. The Kier molecular flexibility index (Phi) is 11.1. The summed E-state index contributed by atoms with van der Waals surface area (Å²) in [6.45, 7) is 7.94. The fourth-order valence-electron chi connectivity index (χ4n) is 0.936. The predicted octanol–water partition coefficient (Wildman–Crippen LogP) is 2.74. The fourth-order valence-corrected chi connectivity index (χ4v) is 1.42. The van der Waals surface area contributed by atoms with Gasteiger partial charge in [0, 0.05) is 21.2 Å². The molecule has 0 heterocycles. The van der Waals surface area contributed by atoms with E-state index >= 15 is 0 Å². The van der Waals surface area contributed by atoms with Gasteiger partial charge in [-0.05, 0) is 19.5 Å². The van der Waals surface area contributed by atoms with Crippen LogP contribution in [0.4, 0.5) is 0 Å². The van der Waals surface area contributed by atoms with Crippen molar-refractivity contribution in [1.29, 1.82) is 0 Å². The van der Waals surface area contributed by atoms with Gasteiger partial charge in [0.1, 0.15) is 6.61 Å². The maximum Gasteiger partial charge on any atom is 0.123 e. The minimum Gasteiger partial charge on any atom is -0.293 e. The number of nitrogens with zero attached hydrogens (tertiary/aromatic N) is 1. The van der Waals surface area contributed by atoms with Gasteiger partial charge in [-0.1, -0.05) is 25.7 Å². The van der Waals surface area contributed by atoms with E-state index in [1.807, 2.05) is 0 Å². The number of hydrogen-bond donors (Lipinski definition) is 0. The highest BCUT2D eigenvalue weighted by Crippen LogP contribution is 2.10. The SMILES string of the molecule is CCCN(CC)CC#CCOSI. The minimum absolute atomic E-state index is 0.525. The van der Waals surface area contributed by atoms with Gasteiger partial charge >= 0.3 is 0 Å². The van der Waals surface area contributed by atoms with Crippen molar-refractivity contribution < 1.29 is 4.18 Å². The molecule has 13 heavy (non-hydrogen) atoms. The van der Waals surface area contributed by atoms with Crippen molar-refractivity contribution in [2.45, 2.75) is 20.3 Å². The van der Waals surface area contributed by atoms with Crippen molar-refractivity contribution in [3.05, 3.63) is 0 Å². The van der Waals surface area contributed by atoms with Crippen molar-refractivity contribution in [3.8, 4) is 11.8 Å². The van der Waals surface area contributed by atoms with Gasteiger partial charge in [-0.3, -0.25) is 9.08 Å². The molecule has 0 fully saturated rings. The molecule has 0 aromatic carbocycles. The molecule has 0 aliphatic carbocycles. The Labute approximate surface area is 97.6 Å². The lowest BCUT2D eigenvalue weighted by molar-refractivity contribution is 0.324. The van der Waals surface area contributed by atoms with Gasteiger partial charge in [0.05, 0.1) is 15.8 Å². The van der Waals surface area contributed by atoms with Crippen molar-refractivity contribution >= 4 is 30.4 Å². The van der Waals surface area contributed by atoms with Gasteiger partial charge in [0.2, 0.25) is 0 Å². The molecule has 0 radical (unpaired) electrons. The summed E-state index contributed by atoms with van der Waals surface area (Å²) in [5.74, 6) is 6.06. The maximum atomic E-state index is 5.02. The van der Waals surface area contributed by atoms with Crippen LogP contribution in [-0.2, 0) is 4.18 Å². The first kappa shape index (κ1) is 13.6. The Morgan fingerprint density at radius 1 is 1.38 bits per heavy atom. The monoisotopic (exact) mass is 313 g/mol. The van der Waals surface area contributed by atoms with Crippen LogP contribution in [0.25, 0.3) is 0 Å². The second-order valence-corrected chi connectivity index (χ2v) is 3.99. The molecule has 0 atom stereocenters. The topological polar surface area (TPSA) is 12.5 Å². The Hall–Kier alpha value is 0.560. The van der Waals surface area contributed by atoms with Crippen LogP contribution < -0.4 is 0 Å². The van der Waals surface area contributed by atoms with Crippen LogP contribution in [0.1, 0.15) is 20.3 Å². The van der Waals surface area contributed by atoms with Crippen LogP contribution in [0.5, 0.6) is 0 Å². The van der Waals surface area contributed by atoms with Crippen LogP contribution >= 0.6 is 30.4 Å². The second kappa shape index (κ2) is 10.6. The number of rotatable bonds is 6. The largest absolute Gasteiger partial charge is 0.293 e. The van der Waals surface area contributed by atoms with E-state index < -0.39 is 0 Å². The van der Waals surface area contributed by atoms with Gasteiger partial charge in [-0.25, -0.2) is 0 Å². The van der Waals surface area contributed by atoms with Gasteiger partial charge in [-0.2, -0.15) is 0 Å². The zero-order valence-corrected chi connectivity index (χ0v) is 11.2. The van der Waals surface area contributed by atoms with Gasteiger partial charge in [0.15, 0.2) is 0 Å². The van der Waals surface area contributed by atoms with Crippen molar-refractivity contribution in [2.75, 3.05) is 26.2 Å². The minimum atomic E-state index is 0.525. The third-order valence-electron chi connectivity index (χ3n) is 1.59. The van der Waals surface area contributed by atoms with E-state index in [4.69, 9.17) is 4.18 Å². The Bertz CT molecular complexity index is 167. The predicted molar refractivity (Wildman–Crippen MR) is 67.7 cm³/mol. The molecule has 0 unspecified atom stereocenters. The first-order valence-electron chi connectivity index (χ1n) is 4.43. The third kappa shape index (κ3) is 8.88. The molecule has 0 aliphatic heterocycles. The van der Waals surface area contributed by atoms with Gasteiger partial charge in [-0.15, -0.1) is 0 Å². The normalized spacial score (nSPS) is 9.85. The highest BCUT2D eigenvalue weighted by Gasteiger charge is 1.95. The lowest BCUT2D eigenvalue weighted by Crippen LogP contribution is -2.24. The average molecular weight is 313 g/mol. The summed E-state index contributed by atoms with van der Waals surface area (Å²) in [6, 6.07) is 0. The summed E-state index contributed by atoms with van der Waals surface area (Å²) in [5, 5.41) is 0. The van der Waals surface area contributed by atoms with E-state index in [0.29, 0.717) is 6.61 Å². The van der Waals surface area contributed by atoms with E-state index in [1.165, 1.54) is 15.6 Å². The van der Waals surface area contributed by atoms with E-state index in [0.717, 1.165) is 19.6 Å². The van der Waals surface area contributed by atoms with Crippen LogP contribution in [-0.4, -0.2) is 31.1 Å². The van der Waals surface area contributed by atoms with Crippen molar-refractivity contribution in [3.63, 3.8) is 0 Å². The lowest BCUT2D eigenvalue weighted by atomic mass is 10.4. The summed E-state index contributed by atoms with van der Waals surface area (Å²) in [4.78, 5) is 2.32. The molecule has 0 bridgehead atoms. The second-order valence-electron chi connectivity index (χ2n) is 2.55. The standard InChI is InChI=1S/C9H16INOS/c1-3-7-11(4-2)8-5-6-9-12-13-10/h3-4,7-9H2,1-2H3. The molecular formula is C9H16INOS. The molecular weight excluding hydrogens is 297 g/mol. The van der Waals surface area contributed by atoms with Crippen LogP contribution in [0, 0.1) is 11.8 Å². The first-order chi connectivity index (χ1) is 6.35. The van der Waals surface area contributed by atoms with E-state index in [2.05, 4.69) is 51.8 Å². The van der Waals surface area contributed by atoms with Crippen LogP contribution in [0.2, 0.25) is 0 Å². The van der Waals surface area contributed by atoms with E-state index in [9.17, 15) is 0 Å². The fraction of sp³-hybridized carbons (Fsp3) is 0.778.